The van der Waals surface area contributed by atoms with E-state index in [1.807, 2.05) is 26.0 Å². The second-order valence-electron chi connectivity index (χ2n) is 5.36. The number of aromatic hydroxyl groups is 1. The molecule has 0 fully saturated rings. The molecule has 0 spiro atoms. The average molecular weight is 251 g/mol. The van der Waals surface area contributed by atoms with Gasteiger partial charge in [0.1, 0.15) is 11.4 Å². The van der Waals surface area contributed by atoms with Gasteiger partial charge in [-0.2, -0.15) is 0 Å². The summed E-state index contributed by atoms with van der Waals surface area (Å²) in [4.78, 5) is 10.8. The van der Waals surface area contributed by atoms with Gasteiger partial charge >= 0.3 is 6.09 Å². The van der Waals surface area contributed by atoms with Crippen molar-refractivity contribution < 1.29 is 14.6 Å². The number of hydrogen-bond donors (Lipinski definition) is 2. The monoisotopic (exact) mass is 251 g/mol. The quantitative estimate of drug-likeness (QED) is 0.845. The fourth-order valence-electron chi connectivity index (χ4n) is 2.31. The van der Waals surface area contributed by atoms with Gasteiger partial charge in [-0.1, -0.05) is 19.1 Å². The van der Waals surface area contributed by atoms with Gasteiger partial charge in [0.05, 0.1) is 0 Å². The second kappa shape index (κ2) is 5.76. The number of nitrogens with two attached hydrogens (primary N) is 1. The number of carbonyl (C=O) groups is 1. The highest BCUT2D eigenvalue weighted by Crippen LogP contribution is 2.24. The number of ether oxygens (including phenoxy) is 1. The number of benzene rings is 1. The highest BCUT2D eigenvalue weighted by Gasteiger charge is 2.24. The van der Waals surface area contributed by atoms with E-state index in [2.05, 4.69) is 6.92 Å². The number of rotatable bonds is 5. The average Bonchev–Trinajstić information content (AvgIpc) is 2.13. The molecule has 1 unspecified atom stereocenters. The molecule has 18 heavy (non-hydrogen) atoms. The van der Waals surface area contributed by atoms with Gasteiger partial charge in [0.2, 0.25) is 0 Å². The number of phenols is 1. The number of amides is 1. The van der Waals surface area contributed by atoms with Crippen LogP contribution in [0.3, 0.4) is 0 Å². The van der Waals surface area contributed by atoms with Crippen molar-refractivity contribution in [3.8, 4) is 5.75 Å². The van der Waals surface area contributed by atoms with Crippen LogP contribution in [0.1, 0.15) is 32.8 Å². The molecule has 0 saturated carbocycles. The largest absolute Gasteiger partial charge is 0.508 e. The standard InChI is InChI=1S/C14H21NO3/c1-10(9-14(2,3)18-13(15)17)7-11-5-4-6-12(16)8-11/h4-6,8,10,16H,7,9H2,1-3H3,(H2,15,17). The lowest BCUT2D eigenvalue weighted by Crippen LogP contribution is -2.33. The van der Waals surface area contributed by atoms with Crippen molar-refractivity contribution in [3.63, 3.8) is 0 Å². The van der Waals surface area contributed by atoms with Crippen LogP contribution in [0, 0.1) is 5.92 Å². The van der Waals surface area contributed by atoms with E-state index in [-0.39, 0.29) is 5.75 Å². The first kappa shape index (κ1) is 14.4. The van der Waals surface area contributed by atoms with Gasteiger partial charge in [-0.15, -0.1) is 0 Å². The Balaban J connectivity index is 2.56. The Bertz CT molecular complexity index is 415. The maximum absolute atomic E-state index is 10.8. The van der Waals surface area contributed by atoms with Crippen LogP contribution in [0.5, 0.6) is 5.75 Å². The van der Waals surface area contributed by atoms with Crippen LogP contribution in [0.15, 0.2) is 24.3 Å². The molecule has 1 atom stereocenters. The highest BCUT2D eigenvalue weighted by molar-refractivity contribution is 5.65. The summed E-state index contributed by atoms with van der Waals surface area (Å²) in [5.41, 5.74) is 5.53. The van der Waals surface area contributed by atoms with Crippen molar-refractivity contribution in [3.05, 3.63) is 29.8 Å². The molecule has 0 radical (unpaired) electrons. The van der Waals surface area contributed by atoms with E-state index in [0.29, 0.717) is 12.3 Å². The fourth-order valence-corrected chi connectivity index (χ4v) is 2.31. The topological polar surface area (TPSA) is 72.6 Å². The van der Waals surface area contributed by atoms with Crippen LogP contribution in [0.25, 0.3) is 0 Å². The van der Waals surface area contributed by atoms with Crippen molar-refractivity contribution in [2.75, 3.05) is 0 Å². The van der Waals surface area contributed by atoms with Gasteiger partial charge in [-0.25, -0.2) is 4.79 Å². The Kier molecular flexibility index (Phi) is 4.59. The highest BCUT2D eigenvalue weighted by atomic mass is 16.6. The Morgan fingerprint density at radius 1 is 1.50 bits per heavy atom. The van der Waals surface area contributed by atoms with Crippen molar-refractivity contribution in [1.29, 1.82) is 0 Å². The van der Waals surface area contributed by atoms with Crippen LogP contribution in [-0.4, -0.2) is 16.8 Å². The zero-order valence-corrected chi connectivity index (χ0v) is 11.1. The fraction of sp³-hybridized carbons (Fsp3) is 0.500. The summed E-state index contributed by atoms with van der Waals surface area (Å²) in [7, 11) is 0. The SMILES string of the molecule is CC(Cc1cccc(O)c1)CC(C)(C)OC(N)=O. The molecule has 4 heteroatoms. The van der Waals surface area contributed by atoms with Crippen LogP contribution in [0.4, 0.5) is 4.79 Å². The molecule has 100 valence electrons. The first-order valence-corrected chi connectivity index (χ1v) is 6.05. The van der Waals surface area contributed by atoms with Crippen molar-refractivity contribution in [1.82, 2.24) is 0 Å². The zero-order chi connectivity index (χ0) is 13.8. The third kappa shape index (κ3) is 5.08. The van der Waals surface area contributed by atoms with Gasteiger partial charge in [-0.3, -0.25) is 0 Å². The normalized spacial score (nSPS) is 13.1. The van der Waals surface area contributed by atoms with E-state index in [1.54, 1.807) is 12.1 Å². The Morgan fingerprint density at radius 3 is 2.72 bits per heavy atom. The summed E-state index contributed by atoms with van der Waals surface area (Å²) in [6, 6.07) is 7.19. The lowest BCUT2D eigenvalue weighted by Gasteiger charge is -2.27. The van der Waals surface area contributed by atoms with Crippen LogP contribution in [-0.2, 0) is 11.2 Å². The van der Waals surface area contributed by atoms with Crippen molar-refractivity contribution >= 4 is 6.09 Å². The Labute approximate surface area is 108 Å². The van der Waals surface area contributed by atoms with Gasteiger partial charge in [0.25, 0.3) is 0 Å². The minimum absolute atomic E-state index is 0.271. The van der Waals surface area contributed by atoms with Crippen molar-refractivity contribution in [2.24, 2.45) is 11.7 Å². The van der Waals surface area contributed by atoms with E-state index in [4.69, 9.17) is 10.5 Å². The smallest absolute Gasteiger partial charge is 0.405 e. The van der Waals surface area contributed by atoms with Crippen LogP contribution in [0.2, 0.25) is 0 Å². The second-order valence-corrected chi connectivity index (χ2v) is 5.36. The van der Waals surface area contributed by atoms with Crippen molar-refractivity contribution in [2.45, 2.75) is 39.2 Å². The van der Waals surface area contributed by atoms with Gasteiger partial charge < -0.3 is 15.6 Å². The summed E-state index contributed by atoms with van der Waals surface area (Å²) in [5.74, 6) is 0.591. The number of hydrogen-bond acceptors (Lipinski definition) is 3. The third-order valence-electron chi connectivity index (χ3n) is 2.71. The maximum Gasteiger partial charge on any atom is 0.405 e. The van der Waals surface area contributed by atoms with E-state index >= 15 is 0 Å². The number of primary amides is 1. The molecule has 0 aliphatic heterocycles. The predicted molar refractivity (Wildman–Crippen MR) is 70.3 cm³/mol. The zero-order valence-electron chi connectivity index (χ0n) is 11.1. The van der Waals surface area contributed by atoms with E-state index in [9.17, 15) is 9.90 Å². The lowest BCUT2D eigenvalue weighted by molar-refractivity contribution is 0.0284. The van der Waals surface area contributed by atoms with E-state index in [1.165, 1.54) is 0 Å². The van der Waals surface area contributed by atoms with Gasteiger partial charge in [0, 0.05) is 0 Å². The summed E-state index contributed by atoms with van der Waals surface area (Å²) in [6.07, 6.45) is 0.787. The van der Waals surface area contributed by atoms with E-state index < -0.39 is 11.7 Å². The molecule has 4 nitrogen and oxygen atoms in total. The molecule has 1 rings (SSSR count). The summed E-state index contributed by atoms with van der Waals surface area (Å²) in [6.45, 7) is 5.77. The summed E-state index contributed by atoms with van der Waals surface area (Å²) >= 11 is 0. The number of phenolic OH excluding ortho intramolecular Hbond substituents is 1. The molecule has 0 heterocycles. The maximum atomic E-state index is 10.8. The predicted octanol–water partition coefficient (Wildman–Crippen LogP) is 2.83. The third-order valence-corrected chi connectivity index (χ3v) is 2.71. The minimum atomic E-state index is -0.746. The van der Waals surface area contributed by atoms with Crippen LogP contribution >= 0.6 is 0 Å². The minimum Gasteiger partial charge on any atom is -0.508 e. The molecule has 1 aromatic rings. The first-order valence-electron chi connectivity index (χ1n) is 6.05. The molecular formula is C14H21NO3. The lowest BCUT2D eigenvalue weighted by atomic mass is 9.90. The van der Waals surface area contributed by atoms with Gasteiger partial charge in [-0.05, 0) is 50.3 Å². The van der Waals surface area contributed by atoms with E-state index in [0.717, 1.165) is 12.0 Å². The van der Waals surface area contributed by atoms with Crippen LogP contribution < -0.4 is 5.73 Å². The molecule has 1 aromatic carbocycles. The molecule has 0 aliphatic rings. The Morgan fingerprint density at radius 2 is 2.17 bits per heavy atom. The molecule has 0 aromatic heterocycles. The first-order chi connectivity index (χ1) is 8.28. The molecule has 0 aliphatic carbocycles. The molecule has 0 saturated heterocycles. The molecular weight excluding hydrogens is 230 g/mol. The van der Waals surface area contributed by atoms with Gasteiger partial charge in [0.15, 0.2) is 0 Å². The molecule has 1 amide bonds. The number of carbonyl (C=O) groups excluding carboxylic acids is 1. The molecule has 0 bridgehead atoms. The summed E-state index contributed by atoms with van der Waals surface area (Å²) < 4.78 is 5.06. The molecule has 3 N–H and O–H groups in total. The Hall–Kier alpha value is -1.71. The summed E-state index contributed by atoms with van der Waals surface area (Å²) in [5, 5.41) is 9.39.